The van der Waals surface area contributed by atoms with E-state index in [-0.39, 0.29) is 12.3 Å². The zero-order chi connectivity index (χ0) is 18.0. The highest BCUT2D eigenvalue weighted by Gasteiger charge is 2.35. The average molecular weight is 346 g/mol. The average Bonchev–Trinajstić information content (AvgIpc) is 2.73. The molecule has 2 unspecified atom stereocenters. The Morgan fingerprint density at radius 1 is 1.32 bits per heavy atom. The van der Waals surface area contributed by atoms with E-state index in [0.29, 0.717) is 6.54 Å². The number of rotatable bonds is 6. The van der Waals surface area contributed by atoms with Crippen molar-refractivity contribution < 1.29 is 19.8 Å². The van der Waals surface area contributed by atoms with E-state index in [9.17, 15) is 14.7 Å². The van der Waals surface area contributed by atoms with Crippen LogP contribution in [-0.2, 0) is 22.4 Å². The van der Waals surface area contributed by atoms with Crippen LogP contribution in [0.4, 0.5) is 5.69 Å². The van der Waals surface area contributed by atoms with Crippen LogP contribution in [0.1, 0.15) is 42.4 Å². The fourth-order valence-corrected chi connectivity index (χ4v) is 4.06. The molecule has 1 saturated heterocycles. The molecule has 3 rings (SSSR count). The van der Waals surface area contributed by atoms with Crippen LogP contribution in [-0.4, -0.2) is 48.3 Å². The Morgan fingerprint density at radius 2 is 2.08 bits per heavy atom. The molecule has 0 saturated carbocycles. The Kier molecular flexibility index (Phi) is 5.27. The molecule has 6 heteroatoms. The number of benzene rings is 1. The number of hydrogen-bond donors (Lipinski definition) is 3. The highest BCUT2D eigenvalue weighted by molar-refractivity contribution is 5.79. The lowest BCUT2D eigenvalue weighted by Gasteiger charge is -2.38. The summed E-state index contributed by atoms with van der Waals surface area (Å²) >= 11 is 0. The third-order valence-corrected chi connectivity index (χ3v) is 5.47. The van der Waals surface area contributed by atoms with Crippen LogP contribution >= 0.6 is 0 Å². The van der Waals surface area contributed by atoms with Gasteiger partial charge in [-0.1, -0.05) is 19.1 Å². The minimum absolute atomic E-state index is 0.322. The molecule has 0 aliphatic carbocycles. The molecule has 2 aliphatic heterocycles. The minimum Gasteiger partial charge on any atom is -0.481 e. The van der Waals surface area contributed by atoms with Gasteiger partial charge in [-0.05, 0) is 42.5 Å². The first kappa shape index (κ1) is 17.7. The quantitative estimate of drug-likeness (QED) is 0.728. The number of aliphatic carboxylic acids is 2. The predicted molar refractivity (Wildman–Crippen MR) is 95.3 cm³/mol. The van der Waals surface area contributed by atoms with E-state index in [0.717, 1.165) is 38.0 Å². The lowest BCUT2D eigenvalue weighted by molar-refractivity contribution is -0.149. The van der Waals surface area contributed by atoms with Crippen molar-refractivity contribution in [3.05, 3.63) is 28.8 Å². The first-order valence-corrected chi connectivity index (χ1v) is 9.07. The number of carboxylic acids is 2. The molecule has 1 fully saturated rings. The molecule has 6 nitrogen and oxygen atoms in total. The lowest BCUT2D eigenvalue weighted by Crippen LogP contribution is -2.39. The number of fused-ring (bicyclic) bond motifs is 1. The summed E-state index contributed by atoms with van der Waals surface area (Å²) in [5.74, 6) is -3.34. The monoisotopic (exact) mass is 346 g/mol. The van der Waals surface area contributed by atoms with Gasteiger partial charge in [0.25, 0.3) is 0 Å². The summed E-state index contributed by atoms with van der Waals surface area (Å²) in [6, 6.07) is 4.14. The van der Waals surface area contributed by atoms with E-state index in [1.165, 1.54) is 23.2 Å². The van der Waals surface area contributed by atoms with E-state index < -0.39 is 17.9 Å². The molecule has 0 amide bonds. The smallest absolute Gasteiger partial charge is 0.307 e. The summed E-state index contributed by atoms with van der Waals surface area (Å²) in [6.07, 6.45) is 2.63. The van der Waals surface area contributed by atoms with Crippen molar-refractivity contribution in [2.45, 2.75) is 38.5 Å². The van der Waals surface area contributed by atoms with E-state index in [4.69, 9.17) is 5.11 Å². The molecule has 136 valence electrons. The van der Waals surface area contributed by atoms with Crippen molar-refractivity contribution in [2.75, 3.05) is 31.1 Å². The zero-order valence-corrected chi connectivity index (χ0v) is 14.6. The number of carboxylic acid groups (broad SMARTS) is 2. The molecule has 0 aromatic heterocycles. The van der Waals surface area contributed by atoms with Gasteiger partial charge in [-0.15, -0.1) is 0 Å². The molecule has 1 aromatic rings. The molecule has 25 heavy (non-hydrogen) atoms. The van der Waals surface area contributed by atoms with Gasteiger partial charge in [0.15, 0.2) is 0 Å². The zero-order valence-electron chi connectivity index (χ0n) is 14.6. The van der Waals surface area contributed by atoms with Crippen molar-refractivity contribution in [3.63, 3.8) is 0 Å². The van der Waals surface area contributed by atoms with Crippen LogP contribution in [0.15, 0.2) is 12.1 Å². The Balaban J connectivity index is 2.07. The van der Waals surface area contributed by atoms with Gasteiger partial charge in [-0.25, -0.2) is 0 Å². The number of aryl methyl sites for hydroxylation is 1. The van der Waals surface area contributed by atoms with Crippen LogP contribution in [0, 0.1) is 5.92 Å². The van der Waals surface area contributed by atoms with Crippen LogP contribution in [0.2, 0.25) is 0 Å². The Hall–Kier alpha value is -2.08. The number of hydrogen-bond acceptors (Lipinski definition) is 4. The fraction of sp³-hybridized carbons (Fsp3) is 0.579. The summed E-state index contributed by atoms with van der Waals surface area (Å²) in [7, 11) is 0. The van der Waals surface area contributed by atoms with Crippen LogP contribution in [0.3, 0.4) is 0 Å². The van der Waals surface area contributed by atoms with E-state index >= 15 is 0 Å². The van der Waals surface area contributed by atoms with Gasteiger partial charge in [0.1, 0.15) is 0 Å². The molecule has 2 atom stereocenters. The molecule has 0 bridgehead atoms. The molecular formula is C19H26N2O4. The van der Waals surface area contributed by atoms with Crippen molar-refractivity contribution in [1.29, 1.82) is 0 Å². The summed E-state index contributed by atoms with van der Waals surface area (Å²) in [6.45, 7) is 5.51. The van der Waals surface area contributed by atoms with Gasteiger partial charge in [0.2, 0.25) is 0 Å². The highest BCUT2D eigenvalue weighted by Crippen LogP contribution is 2.39. The van der Waals surface area contributed by atoms with E-state index in [1.54, 1.807) is 0 Å². The standard InChI is InChI=1S/C19H26N2O4/c1-2-12-4-5-13-14(18(12)21-8-3-9-21)6-7-20-11-16(13)15(19(24)25)10-17(22)23/h4-5,15-16,20H,2-3,6-11H2,1H3,(H,22,23)(H,24,25). The summed E-state index contributed by atoms with van der Waals surface area (Å²) in [5.41, 5.74) is 4.78. The lowest BCUT2D eigenvalue weighted by atomic mass is 9.80. The number of carbonyl (C=O) groups is 2. The van der Waals surface area contributed by atoms with Crippen molar-refractivity contribution in [3.8, 4) is 0 Å². The maximum atomic E-state index is 11.8. The Labute approximate surface area is 147 Å². The normalized spacial score (nSPS) is 21.0. The van der Waals surface area contributed by atoms with Gasteiger partial charge < -0.3 is 20.4 Å². The van der Waals surface area contributed by atoms with E-state index in [2.05, 4.69) is 23.2 Å². The van der Waals surface area contributed by atoms with Gasteiger partial charge in [0, 0.05) is 31.2 Å². The second-order valence-corrected chi connectivity index (χ2v) is 6.94. The van der Waals surface area contributed by atoms with Gasteiger partial charge in [-0.3, -0.25) is 9.59 Å². The maximum Gasteiger partial charge on any atom is 0.307 e. The van der Waals surface area contributed by atoms with Gasteiger partial charge >= 0.3 is 11.9 Å². The van der Waals surface area contributed by atoms with Crippen LogP contribution < -0.4 is 10.2 Å². The molecule has 3 N–H and O–H groups in total. The Morgan fingerprint density at radius 3 is 2.64 bits per heavy atom. The molecule has 1 aromatic carbocycles. The number of nitrogens with zero attached hydrogens (tertiary/aromatic N) is 1. The van der Waals surface area contributed by atoms with Crippen molar-refractivity contribution in [1.82, 2.24) is 5.32 Å². The van der Waals surface area contributed by atoms with Gasteiger partial charge in [0.05, 0.1) is 12.3 Å². The Bertz CT molecular complexity index is 670. The second kappa shape index (κ2) is 7.44. The number of nitrogens with one attached hydrogen (secondary N) is 1. The molecular weight excluding hydrogens is 320 g/mol. The summed E-state index contributed by atoms with van der Waals surface area (Å²) in [4.78, 5) is 25.3. The highest BCUT2D eigenvalue weighted by atomic mass is 16.4. The molecule has 2 heterocycles. The topological polar surface area (TPSA) is 89.9 Å². The largest absolute Gasteiger partial charge is 0.481 e. The molecule has 0 spiro atoms. The van der Waals surface area contributed by atoms with Crippen molar-refractivity contribution in [2.24, 2.45) is 5.92 Å². The molecule has 2 aliphatic rings. The first-order valence-electron chi connectivity index (χ1n) is 9.07. The van der Waals surface area contributed by atoms with Crippen molar-refractivity contribution >= 4 is 17.6 Å². The van der Waals surface area contributed by atoms with Gasteiger partial charge in [-0.2, -0.15) is 0 Å². The fourth-order valence-electron chi connectivity index (χ4n) is 4.06. The summed E-state index contributed by atoms with van der Waals surface area (Å²) < 4.78 is 0. The van der Waals surface area contributed by atoms with Crippen LogP contribution in [0.5, 0.6) is 0 Å². The molecule has 0 radical (unpaired) electrons. The maximum absolute atomic E-state index is 11.8. The first-order chi connectivity index (χ1) is 12.0. The predicted octanol–water partition coefficient (Wildman–Crippen LogP) is 1.86. The van der Waals surface area contributed by atoms with Crippen LogP contribution in [0.25, 0.3) is 0 Å². The third kappa shape index (κ3) is 3.49. The third-order valence-electron chi connectivity index (χ3n) is 5.47. The SMILES string of the molecule is CCc1ccc2c(c1N1CCC1)CCNCC2C(CC(=O)O)C(=O)O. The second-order valence-electron chi connectivity index (χ2n) is 6.94. The van der Waals surface area contributed by atoms with E-state index in [1.807, 2.05) is 6.07 Å². The summed E-state index contributed by atoms with van der Waals surface area (Å²) in [5, 5.41) is 22.1. The number of anilines is 1. The minimum atomic E-state index is -1.06.